The molecule has 0 atom stereocenters. The summed E-state index contributed by atoms with van der Waals surface area (Å²) in [4.78, 5) is 12.0. The molecule has 0 aliphatic carbocycles. The third-order valence-electron chi connectivity index (χ3n) is 3.18. The second-order valence-corrected chi connectivity index (χ2v) is 4.87. The van der Waals surface area contributed by atoms with Crippen LogP contribution in [0.5, 0.6) is 0 Å². The van der Waals surface area contributed by atoms with Gasteiger partial charge in [-0.25, -0.2) is 5.43 Å². The van der Waals surface area contributed by atoms with Gasteiger partial charge in [0.15, 0.2) is 0 Å². The lowest BCUT2D eigenvalue weighted by Crippen LogP contribution is -2.18. The van der Waals surface area contributed by atoms with Gasteiger partial charge in [-0.1, -0.05) is 42.0 Å². The lowest BCUT2D eigenvalue weighted by atomic mass is 10.1. The van der Waals surface area contributed by atoms with Gasteiger partial charge in [-0.15, -0.1) is 0 Å². The Labute approximate surface area is 119 Å². The Hall–Kier alpha value is -2.42. The fourth-order valence-corrected chi connectivity index (χ4v) is 2.02. The minimum atomic E-state index is -0.191. The first kappa shape index (κ1) is 14.0. The van der Waals surface area contributed by atoms with Crippen molar-refractivity contribution in [3.8, 4) is 0 Å². The SMILES string of the molecule is Cc1ccc(/C=N\NC(=O)c2ccccc2C)c(C)c1. The lowest BCUT2D eigenvalue weighted by Gasteiger charge is -2.04. The Morgan fingerprint density at radius 3 is 2.50 bits per heavy atom. The molecule has 2 aromatic rings. The van der Waals surface area contributed by atoms with E-state index < -0.39 is 0 Å². The Bertz CT molecular complexity index is 660. The number of carbonyl (C=O) groups is 1. The molecular weight excluding hydrogens is 248 g/mol. The van der Waals surface area contributed by atoms with Gasteiger partial charge in [0.1, 0.15) is 0 Å². The van der Waals surface area contributed by atoms with Crippen molar-refractivity contribution in [3.05, 3.63) is 70.3 Å². The van der Waals surface area contributed by atoms with Crippen LogP contribution in [0.3, 0.4) is 0 Å². The van der Waals surface area contributed by atoms with Crippen molar-refractivity contribution in [1.82, 2.24) is 5.43 Å². The van der Waals surface area contributed by atoms with Gasteiger partial charge in [-0.2, -0.15) is 5.10 Å². The monoisotopic (exact) mass is 266 g/mol. The minimum absolute atomic E-state index is 0.191. The van der Waals surface area contributed by atoms with Crippen LogP contribution in [0, 0.1) is 20.8 Å². The number of amides is 1. The van der Waals surface area contributed by atoms with Gasteiger partial charge < -0.3 is 0 Å². The van der Waals surface area contributed by atoms with Gasteiger partial charge in [0, 0.05) is 5.56 Å². The standard InChI is InChI=1S/C17H18N2O/c1-12-8-9-15(14(3)10-12)11-18-19-17(20)16-7-5-4-6-13(16)2/h4-11H,1-3H3,(H,19,20)/b18-11-. The number of benzene rings is 2. The third kappa shape index (κ3) is 3.32. The average Bonchev–Trinajstić information content (AvgIpc) is 2.41. The van der Waals surface area contributed by atoms with E-state index in [4.69, 9.17) is 0 Å². The van der Waals surface area contributed by atoms with Crippen LogP contribution >= 0.6 is 0 Å². The number of rotatable bonds is 3. The van der Waals surface area contributed by atoms with Gasteiger partial charge in [0.2, 0.25) is 0 Å². The molecule has 0 saturated carbocycles. The molecule has 0 aromatic heterocycles. The van der Waals surface area contributed by atoms with E-state index in [2.05, 4.69) is 16.6 Å². The van der Waals surface area contributed by atoms with Crippen LogP contribution in [0.25, 0.3) is 0 Å². The van der Waals surface area contributed by atoms with Crippen LogP contribution in [0.2, 0.25) is 0 Å². The van der Waals surface area contributed by atoms with E-state index in [-0.39, 0.29) is 5.91 Å². The van der Waals surface area contributed by atoms with E-state index >= 15 is 0 Å². The van der Waals surface area contributed by atoms with Crippen molar-refractivity contribution in [3.63, 3.8) is 0 Å². The molecule has 2 aromatic carbocycles. The normalized spacial score (nSPS) is 10.8. The molecule has 0 heterocycles. The Morgan fingerprint density at radius 1 is 1.05 bits per heavy atom. The van der Waals surface area contributed by atoms with Crippen LogP contribution in [0.15, 0.2) is 47.6 Å². The highest BCUT2D eigenvalue weighted by Crippen LogP contribution is 2.08. The second-order valence-electron chi connectivity index (χ2n) is 4.87. The van der Waals surface area contributed by atoms with Crippen molar-refractivity contribution < 1.29 is 4.79 Å². The van der Waals surface area contributed by atoms with Crippen molar-refractivity contribution in [2.24, 2.45) is 5.10 Å². The summed E-state index contributed by atoms with van der Waals surface area (Å²) in [7, 11) is 0. The molecule has 102 valence electrons. The molecule has 20 heavy (non-hydrogen) atoms. The molecule has 0 spiro atoms. The van der Waals surface area contributed by atoms with Crippen molar-refractivity contribution in [1.29, 1.82) is 0 Å². The first-order valence-corrected chi connectivity index (χ1v) is 6.54. The number of hydrogen-bond acceptors (Lipinski definition) is 2. The molecule has 0 aliphatic heterocycles. The molecule has 3 heteroatoms. The van der Waals surface area contributed by atoms with E-state index in [1.54, 1.807) is 12.3 Å². The molecule has 0 radical (unpaired) electrons. The summed E-state index contributed by atoms with van der Waals surface area (Å²) in [5, 5.41) is 4.02. The number of hydrazone groups is 1. The van der Waals surface area contributed by atoms with E-state index in [9.17, 15) is 4.79 Å². The maximum absolute atomic E-state index is 12.0. The summed E-state index contributed by atoms with van der Waals surface area (Å²) in [6, 6.07) is 13.6. The number of carbonyl (C=O) groups excluding carboxylic acids is 1. The predicted octanol–water partition coefficient (Wildman–Crippen LogP) is 3.38. The molecule has 0 fully saturated rings. The fourth-order valence-electron chi connectivity index (χ4n) is 2.02. The van der Waals surface area contributed by atoms with Gasteiger partial charge >= 0.3 is 0 Å². The Balaban J connectivity index is 2.07. The highest BCUT2D eigenvalue weighted by Gasteiger charge is 2.06. The average molecular weight is 266 g/mol. The lowest BCUT2D eigenvalue weighted by molar-refractivity contribution is 0.0954. The highest BCUT2D eigenvalue weighted by atomic mass is 16.2. The quantitative estimate of drug-likeness (QED) is 0.671. The van der Waals surface area contributed by atoms with Gasteiger partial charge in [0.05, 0.1) is 6.21 Å². The molecule has 0 unspecified atom stereocenters. The first-order valence-electron chi connectivity index (χ1n) is 6.54. The third-order valence-corrected chi connectivity index (χ3v) is 3.18. The molecule has 3 nitrogen and oxygen atoms in total. The predicted molar refractivity (Wildman–Crippen MR) is 82.2 cm³/mol. The van der Waals surface area contributed by atoms with Crippen molar-refractivity contribution in [2.75, 3.05) is 0 Å². The maximum atomic E-state index is 12.0. The van der Waals surface area contributed by atoms with E-state index in [0.29, 0.717) is 5.56 Å². The zero-order valence-corrected chi connectivity index (χ0v) is 12.0. The van der Waals surface area contributed by atoms with E-state index in [1.807, 2.05) is 51.1 Å². The molecular formula is C17H18N2O. The molecule has 0 bridgehead atoms. The van der Waals surface area contributed by atoms with Gasteiger partial charge in [0.25, 0.3) is 5.91 Å². The zero-order valence-electron chi connectivity index (χ0n) is 12.0. The summed E-state index contributed by atoms with van der Waals surface area (Å²) < 4.78 is 0. The summed E-state index contributed by atoms with van der Waals surface area (Å²) in [5.74, 6) is -0.191. The second kappa shape index (κ2) is 6.15. The Morgan fingerprint density at radius 2 is 1.80 bits per heavy atom. The number of nitrogens with zero attached hydrogens (tertiary/aromatic N) is 1. The van der Waals surface area contributed by atoms with Crippen molar-refractivity contribution in [2.45, 2.75) is 20.8 Å². The maximum Gasteiger partial charge on any atom is 0.271 e. The summed E-state index contributed by atoms with van der Waals surface area (Å²) in [5.41, 5.74) is 7.49. The van der Waals surface area contributed by atoms with Gasteiger partial charge in [-0.3, -0.25) is 4.79 Å². The largest absolute Gasteiger partial charge is 0.271 e. The Kier molecular flexibility index (Phi) is 4.31. The smallest absolute Gasteiger partial charge is 0.267 e. The van der Waals surface area contributed by atoms with Crippen LogP contribution in [0.1, 0.15) is 32.6 Å². The van der Waals surface area contributed by atoms with E-state index in [1.165, 1.54) is 5.56 Å². The van der Waals surface area contributed by atoms with Crippen LogP contribution in [-0.2, 0) is 0 Å². The van der Waals surface area contributed by atoms with Crippen molar-refractivity contribution >= 4 is 12.1 Å². The number of aryl methyl sites for hydroxylation is 3. The number of hydrogen-bond donors (Lipinski definition) is 1. The molecule has 2 rings (SSSR count). The zero-order chi connectivity index (χ0) is 14.5. The molecule has 0 saturated heterocycles. The topological polar surface area (TPSA) is 41.5 Å². The molecule has 1 amide bonds. The summed E-state index contributed by atoms with van der Waals surface area (Å²) in [6.07, 6.45) is 1.67. The van der Waals surface area contributed by atoms with Crippen LogP contribution < -0.4 is 5.43 Å². The highest BCUT2D eigenvalue weighted by molar-refractivity contribution is 5.96. The van der Waals surface area contributed by atoms with E-state index in [0.717, 1.165) is 16.7 Å². The number of nitrogens with one attached hydrogen (secondary N) is 1. The minimum Gasteiger partial charge on any atom is -0.267 e. The first-order chi connectivity index (χ1) is 9.58. The molecule has 0 aliphatic rings. The van der Waals surface area contributed by atoms with Gasteiger partial charge in [-0.05, 0) is 43.5 Å². The van der Waals surface area contributed by atoms with Crippen LogP contribution in [0.4, 0.5) is 0 Å². The fraction of sp³-hybridized carbons (Fsp3) is 0.176. The summed E-state index contributed by atoms with van der Waals surface area (Å²) >= 11 is 0. The summed E-state index contributed by atoms with van der Waals surface area (Å²) in [6.45, 7) is 5.98. The molecule has 1 N–H and O–H groups in total. The van der Waals surface area contributed by atoms with Crippen LogP contribution in [-0.4, -0.2) is 12.1 Å².